The molecule has 0 aliphatic rings. The molecule has 0 saturated heterocycles. The molecular formula is C12H18ClNO2. The zero-order valence-corrected chi connectivity index (χ0v) is 10.4. The molecule has 3 N–H and O–H groups in total. The van der Waals surface area contributed by atoms with Crippen molar-refractivity contribution in [3.63, 3.8) is 0 Å². The minimum atomic E-state index is -0.860. The molecule has 0 amide bonds. The number of carboxylic acid groups (broad SMARTS) is 1. The predicted molar refractivity (Wildman–Crippen MR) is 67.3 cm³/mol. The van der Waals surface area contributed by atoms with Crippen LogP contribution in [-0.2, 0) is 6.42 Å². The first-order valence-electron chi connectivity index (χ1n) is 5.15. The number of nitrogens with two attached hydrogens (primary N) is 1. The summed E-state index contributed by atoms with van der Waals surface area (Å²) >= 11 is 5.06. The smallest absolute Gasteiger partial charge is 0.335 e. The molecule has 1 rings (SSSR count). The molecule has 90 valence electrons. The Bertz CT molecular complexity index is 338. The van der Waals surface area contributed by atoms with Gasteiger partial charge in [-0.2, -0.15) is 0 Å². The minimum Gasteiger partial charge on any atom is -0.478 e. The first kappa shape index (κ1) is 14.9. The summed E-state index contributed by atoms with van der Waals surface area (Å²) in [7, 11) is 0. The van der Waals surface area contributed by atoms with Crippen LogP contribution in [0.2, 0.25) is 0 Å². The number of carboxylic acids is 1. The average molecular weight is 244 g/mol. The fourth-order valence-corrected chi connectivity index (χ4v) is 1.23. The average Bonchev–Trinajstić information content (AvgIpc) is 2.29. The summed E-state index contributed by atoms with van der Waals surface area (Å²) in [6, 6.07) is 5.23. The van der Waals surface area contributed by atoms with Gasteiger partial charge in [-0.05, 0) is 36.6 Å². The molecule has 0 heterocycles. The van der Waals surface area contributed by atoms with Crippen LogP contribution < -0.4 is 5.73 Å². The van der Waals surface area contributed by atoms with E-state index in [2.05, 4.69) is 6.92 Å². The van der Waals surface area contributed by atoms with Crippen LogP contribution in [0.3, 0.4) is 0 Å². The van der Waals surface area contributed by atoms with E-state index in [1.165, 1.54) is 5.56 Å². The van der Waals surface area contributed by atoms with E-state index in [-0.39, 0.29) is 0 Å². The van der Waals surface area contributed by atoms with Crippen LogP contribution in [0.4, 0.5) is 0 Å². The number of aromatic carboxylic acids is 1. The van der Waals surface area contributed by atoms with Crippen molar-refractivity contribution >= 4 is 17.6 Å². The highest BCUT2D eigenvalue weighted by atomic mass is 35.5. The lowest BCUT2D eigenvalue weighted by atomic mass is 10.0. The number of halogens is 1. The third-order valence-electron chi connectivity index (χ3n) is 2.08. The second kappa shape index (κ2) is 8.13. The first-order valence-corrected chi connectivity index (χ1v) is 5.69. The Morgan fingerprint density at radius 2 is 2.06 bits per heavy atom. The van der Waals surface area contributed by atoms with Crippen LogP contribution in [0.1, 0.15) is 28.4 Å². The molecule has 0 aromatic heterocycles. The van der Waals surface area contributed by atoms with Crippen LogP contribution in [-0.4, -0.2) is 23.5 Å². The standard InChI is InChI=1S/C10H12O2.C2H6ClN/c1-3-8-4-5-9(10(11)12)6-7(8)2;3-1-2-4/h4-6H,3H2,1-2H3,(H,11,12);1-2,4H2. The number of hydrogen-bond acceptors (Lipinski definition) is 2. The van der Waals surface area contributed by atoms with Crippen molar-refractivity contribution in [1.29, 1.82) is 0 Å². The van der Waals surface area contributed by atoms with Crippen molar-refractivity contribution < 1.29 is 9.90 Å². The fraction of sp³-hybridized carbons (Fsp3) is 0.417. The highest BCUT2D eigenvalue weighted by Crippen LogP contribution is 2.11. The third kappa shape index (κ3) is 5.14. The highest BCUT2D eigenvalue weighted by molar-refractivity contribution is 6.18. The molecule has 0 spiro atoms. The lowest BCUT2D eigenvalue weighted by Crippen LogP contribution is -1.97. The Kier molecular flexibility index (Phi) is 7.60. The Hall–Kier alpha value is -1.06. The van der Waals surface area contributed by atoms with Gasteiger partial charge in [0.2, 0.25) is 0 Å². The lowest BCUT2D eigenvalue weighted by Gasteiger charge is -2.02. The van der Waals surface area contributed by atoms with Gasteiger partial charge in [-0.15, -0.1) is 11.6 Å². The van der Waals surface area contributed by atoms with Gasteiger partial charge < -0.3 is 10.8 Å². The minimum absolute atomic E-state index is 0.365. The summed E-state index contributed by atoms with van der Waals surface area (Å²) in [4.78, 5) is 10.6. The van der Waals surface area contributed by atoms with Gasteiger partial charge >= 0.3 is 5.97 Å². The van der Waals surface area contributed by atoms with E-state index in [0.717, 1.165) is 12.0 Å². The number of hydrogen-bond donors (Lipinski definition) is 2. The third-order valence-corrected chi connectivity index (χ3v) is 2.30. The first-order chi connectivity index (χ1) is 7.56. The number of aryl methyl sites for hydroxylation is 2. The number of rotatable bonds is 3. The van der Waals surface area contributed by atoms with Crippen LogP contribution in [0, 0.1) is 6.92 Å². The number of benzene rings is 1. The SMILES string of the molecule is CCc1ccc(C(=O)O)cc1C.NCCCl. The van der Waals surface area contributed by atoms with Crippen LogP contribution >= 0.6 is 11.6 Å². The van der Waals surface area contributed by atoms with Crippen molar-refractivity contribution in [3.05, 3.63) is 34.9 Å². The number of carbonyl (C=O) groups is 1. The molecule has 1 aromatic carbocycles. The van der Waals surface area contributed by atoms with Crippen LogP contribution in [0.15, 0.2) is 18.2 Å². The van der Waals surface area contributed by atoms with Gasteiger partial charge in [0, 0.05) is 12.4 Å². The molecule has 0 aliphatic heterocycles. The van der Waals surface area contributed by atoms with E-state index < -0.39 is 5.97 Å². The van der Waals surface area contributed by atoms with Gasteiger partial charge in [0.1, 0.15) is 0 Å². The van der Waals surface area contributed by atoms with E-state index in [1.807, 2.05) is 13.0 Å². The van der Waals surface area contributed by atoms with E-state index in [9.17, 15) is 4.79 Å². The topological polar surface area (TPSA) is 63.3 Å². The van der Waals surface area contributed by atoms with Gasteiger partial charge in [0.25, 0.3) is 0 Å². The van der Waals surface area contributed by atoms with E-state index in [1.54, 1.807) is 12.1 Å². The summed E-state index contributed by atoms with van der Waals surface area (Å²) in [5.41, 5.74) is 7.52. The molecule has 1 aromatic rings. The summed E-state index contributed by atoms with van der Waals surface area (Å²) in [6.45, 7) is 4.58. The number of alkyl halides is 1. The second-order valence-corrected chi connectivity index (χ2v) is 3.66. The van der Waals surface area contributed by atoms with Gasteiger partial charge in [-0.1, -0.05) is 13.0 Å². The molecule has 0 unspecified atom stereocenters. The monoisotopic (exact) mass is 243 g/mol. The maximum Gasteiger partial charge on any atom is 0.335 e. The van der Waals surface area contributed by atoms with Gasteiger partial charge in [-0.3, -0.25) is 0 Å². The Balaban J connectivity index is 0.000000487. The van der Waals surface area contributed by atoms with Gasteiger partial charge in [0.15, 0.2) is 0 Å². The van der Waals surface area contributed by atoms with Gasteiger partial charge in [0.05, 0.1) is 5.56 Å². The molecule has 16 heavy (non-hydrogen) atoms. The van der Waals surface area contributed by atoms with Crippen molar-refractivity contribution in [3.8, 4) is 0 Å². The largest absolute Gasteiger partial charge is 0.478 e. The van der Waals surface area contributed by atoms with Crippen LogP contribution in [0.5, 0.6) is 0 Å². The quantitative estimate of drug-likeness (QED) is 0.802. The summed E-state index contributed by atoms with van der Waals surface area (Å²) < 4.78 is 0. The van der Waals surface area contributed by atoms with Crippen molar-refractivity contribution in [2.24, 2.45) is 5.73 Å². The molecule has 0 radical (unpaired) electrons. The maximum atomic E-state index is 10.6. The Morgan fingerprint density at radius 1 is 1.50 bits per heavy atom. The molecule has 0 aliphatic carbocycles. The zero-order chi connectivity index (χ0) is 12.6. The van der Waals surface area contributed by atoms with E-state index in [4.69, 9.17) is 22.4 Å². The predicted octanol–water partition coefficient (Wildman–Crippen LogP) is 2.44. The van der Waals surface area contributed by atoms with Crippen LogP contribution in [0.25, 0.3) is 0 Å². The Labute approximate surface area is 101 Å². The van der Waals surface area contributed by atoms with E-state index in [0.29, 0.717) is 18.0 Å². The fourth-order valence-electron chi connectivity index (χ4n) is 1.23. The van der Waals surface area contributed by atoms with Crippen molar-refractivity contribution in [2.45, 2.75) is 20.3 Å². The molecule has 0 fully saturated rings. The zero-order valence-electron chi connectivity index (χ0n) is 9.66. The Morgan fingerprint density at radius 3 is 2.38 bits per heavy atom. The van der Waals surface area contributed by atoms with E-state index >= 15 is 0 Å². The normalized spacial score (nSPS) is 9.25. The summed E-state index contributed by atoms with van der Waals surface area (Å²) in [5.74, 6) is -0.291. The van der Waals surface area contributed by atoms with Crippen molar-refractivity contribution in [2.75, 3.05) is 12.4 Å². The summed E-state index contributed by atoms with van der Waals surface area (Å²) in [5, 5.41) is 8.67. The summed E-state index contributed by atoms with van der Waals surface area (Å²) in [6.07, 6.45) is 0.950. The van der Waals surface area contributed by atoms with Gasteiger partial charge in [-0.25, -0.2) is 4.79 Å². The second-order valence-electron chi connectivity index (χ2n) is 3.28. The lowest BCUT2D eigenvalue weighted by molar-refractivity contribution is 0.0697. The molecular weight excluding hydrogens is 226 g/mol. The maximum absolute atomic E-state index is 10.6. The molecule has 0 atom stereocenters. The molecule has 4 heteroatoms. The van der Waals surface area contributed by atoms with Crippen molar-refractivity contribution in [1.82, 2.24) is 0 Å². The molecule has 0 saturated carbocycles. The molecule has 3 nitrogen and oxygen atoms in total. The molecule has 0 bridgehead atoms. The highest BCUT2D eigenvalue weighted by Gasteiger charge is 2.03.